The van der Waals surface area contributed by atoms with Gasteiger partial charge in [-0.2, -0.15) is 27.1 Å². The molecule has 280 valence electrons. The van der Waals surface area contributed by atoms with Gasteiger partial charge in [0.05, 0.1) is 35.7 Å². The lowest BCUT2D eigenvalue weighted by molar-refractivity contribution is -0.434. The molecule has 4 rings (SSSR count). The Hall–Kier alpha value is -3.86. The van der Waals surface area contributed by atoms with E-state index in [9.17, 15) is 31.0 Å². The van der Waals surface area contributed by atoms with Gasteiger partial charge in [-0.25, -0.2) is 10.5 Å². The number of nitrogen functional groups attached to an aromatic ring is 1. The van der Waals surface area contributed by atoms with E-state index in [1.165, 1.54) is 0 Å². The van der Waals surface area contributed by atoms with E-state index in [1.807, 2.05) is 0 Å². The summed E-state index contributed by atoms with van der Waals surface area (Å²) in [6, 6.07) is 14.7. The number of rotatable bonds is 20. The zero-order chi connectivity index (χ0) is 37.7. The average molecular weight is 804 g/mol. The first-order chi connectivity index (χ1) is 24.8. The number of azo groups is 2. The minimum absolute atomic E-state index is 0.232. The fourth-order valence-corrected chi connectivity index (χ4v) is 6.41. The van der Waals surface area contributed by atoms with Gasteiger partial charge in [0, 0.05) is 0 Å². The minimum Gasteiger partial charge on any atom is -0.505 e. The van der Waals surface area contributed by atoms with Gasteiger partial charge in [-0.15, -0.1) is 18.9 Å². The summed E-state index contributed by atoms with van der Waals surface area (Å²) in [5.41, 5.74) is 6.72. The molecule has 0 amide bonds. The fraction of sp³-hybridized carbons (Fsp3) is 0.214. The fourth-order valence-electron chi connectivity index (χ4n) is 4.58. The Morgan fingerprint density at radius 3 is 1.50 bits per heavy atom. The summed E-state index contributed by atoms with van der Waals surface area (Å²) in [5.74, 6) is -0.892. The first kappa shape index (κ1) is 40.9. The van der Waals surface area contributed by atoms with Gasteiger partial charge < -0.3 is 10.8 Å². The molecule has 0 heterocycles. The van der Waals surface area contributed by atoms with Crippen LogP contribution in [0.2, 0.25) is 0 Å². The lowest BCUT2D eigenvalue weighted by Crippen LogP contribution is -2.03. The summed E-state index contributed by atoms with van der Waals surface area (Å²) >= 11 is 0.921. The van der Waals surface area contributed by atoms with E-state index in [1.54, 1.807) is 48.5 Å². The van der Waals surface area contributed by atoms with Crippen molar-refractivity contribution in [2.45, 2.75) is 35.5 Å². The molecule has 0 saturated carbocycles. The van der Waals surface area contributed by atoms with Crippen LogP contribution in [0.4, 0.5) is 28.4 Å². The molecule has 0 fully saturated rings. The normalized spacial score (nSPS) is 12.5. The van der Waals surface area contributed by atoms with Gasteiger partial charge in [0.2, 0.25) is 0 Å². The zero-order valence-electron chi connectivity index (χ0n) is 26.3. The molecule has 0 aromatic heterocycles. The Kier molecular flexibility index (Phi) is 15.2. The molecule has 0 aliphatic heterocycles. The summed E-state index contributed by atoms with van der Waals surface area (Å²) in [5, 5.41) is 49.4. The van der Waals surface area contributed by atoms with Crippen LogP contribution in [-0.4, -0.2) is 54.8 Å². The number of fused-ring (bicyclic) bond motifs is 1. The van der Waals surface area contributed by atoms with Gasteiger partial charge in [0.15, 0.2) is 30.4 Å². The van der Waals surface area contributed by atoms with E-state index in [0.29, 0.717) is 50.3 Å². The number of nitrogens with two attached hydrogens (primary N) is 1. The van der Waals surface area contributed by atoms with Gasteiger partial charge in [0.1, 0.15) is 21.2 Å². The molecule has 0 bridgehead atoms. The first-order valence-corrected chi connectivity index (χ1v) is 18.7. The number of anilines is 1. The van der Waals surface area contributed by atoms with E-state index >= 15 is 0 Å². The molecule has 24 heteroatoms. The summed E-state index contributed by atoms with van der Waals surface area (Å²) in [6.07, 6.45) is 2.34. The third-order valence-electron chi connectivity index (χ3n) is 6.87. The molecule has 0 saturated heterocycles. The highest BCUT2D eigenvalue weighted by atomic mass is 32.2. The van der Waals surface area contributed by atoms with Crippen LogP contribution >= 0.6 is 24.6 Å². The Morgan fingerprint density at radius 1 is 0.654 bits per heavy atom. The molecule has 20 nitrogen and oxygen atoms in total. The van der Waals surface area contributed by atoms with Crippen LogP contribution < -0.4 is 5.73 Å². The van der Waals surface area contributed by atoms with Gasteiger partial charge in [0.25, 0.3) is 20.2 Å². The monoisotopic (exact) mass is 803 g/mol. The molecule has 7 N–H and O–H groups in total. The smallest absolute Gasteiger partial charge is 0.296 e. The highest BCUT2D eigenvalue weighted by molar-refractivity contribution is 7.90. The second-order valence-electron chi connectivity index (χ2n) is 10.3. The molecule has 0 radical (unpaired) electrons. The van der Waals surface area contributed by atoms with Crippen LogP contribution in [0.3, 0.4) is 0 Å². The number of aryl methyl sites for hydroxylation is 2. The lowest BCUT2D eigenvalue weighted by atomic mass is 10.1. The van der Waals surface area contributed by atoms with Crippen molar-refractivity contribution in [3.05, 3.63) is 71.8 Å². The van der Waals surface area contributed by atoms with E-state index in [2.05, 4.69) is 39.2 Å². The largest absolute Gasteiger partial charge is 0.505 e. The number of phenols is 1. The van der Waals surface area contributed by atoms with Crippen molar-refractivity contribution in [3.8, 4) is 5.75 Å². The van der Waals surface area contributed by atoms with Gasteiger partial charge >= 0.3 is 0 Å². The predicted octanol–water partition coefficient (Wildman–Crippen LogP) is 7.32. The minimum atomic E-state index is -5.09. The topological polar surface area (TPSA) is 300 Å². The van der Waals surface area contributed by atoms with Crippen molar-refractivity contribution in [2.24, 2.45) is 20.5 Å². The second kappa shape index (κ2) is 19.3. The summed E-state index contributed by atoms with van der Waals surface area (Å²) < 4.78 is 87.7. The molecule has 52 heavy (non-hydrogen) atoms. The molecular weight excluding hydrogens is 775 g/mol. The maximum absolute atomic E-state index is 12.4. The Bertz CT molecular complexity index is 1960. The van der Waals surface area contributed by atoms with Gasteiger partial charge in [-0.05, 0) is 78.6 Å². The standard InChI is InChI=1S/C28H29N5O15S4/c29-25-24-19(15-22(51(37,38)39)26(25)32-30-20-9-5-17(6-10-20)3-1-13-43-49-47-45-35)16-23(52(40,41)42)27(28(24)34)33-31-21-11-7-18(8-12-21)4-2-14-44-50-48-46-36/h5-12,15-16,34-36H,1-4,13-14,29H2,(H,37,38,39)(H,40,41,42). The second-order valence-corrected chi connectivity index (χ2v) is 14.1. The van der Waals surface area contributed by atoms with Crippen molar-refractivity contribution >= 4 is 84.1 Å². The highest BCUT2D eigenvalue weighted by Gasteiger charge is 2.28. The lowest BCUT2D eigenvalue weighted by Gasteiger charge is -2.14. The Balaban J connectivity index is 1.64. The SMILES string of the molecule is Nc1c(N=Nc2ccc(CCCOSOOO)cc2)c(S(=O)(=O)O)cc2cc(S(=O)(=O)O)c(N=Nc3ccc(CCCOSOOO)cc3)c(O)c12. The molecule has 0 aliphatic rings. The maximum Gasteiger partial charge on any atom is 0.296 e. The zero-order valence-corrected chi connectivity index (χ0v) is 29.6. The molecular formula is C28H29N5O15S4. The van der Waals surface area contributed by atoms with Crippen LogP contribution in [-0.2, 0) is 60.2 Å². The number of aromatic hydroxyl groups is 1. The van der Waals surface area contributed by atoms with E-state index in [0.717, 1.165) is 23.3 Å². The van der Waals surface area contributed by atoms with E-state index < -0.39 is 52.8 Å². The number of nitrogens with zero attached hydrogens (tertiary/aromatic N) is 4. The number of hydrogen-bond donors (Lipinski definition) is 6. The van der Waals surface area contributed by atoms with E-state index in [4.69, 9.17) is 24.6 Å². The van der Waals surface area contributed by atoms with Crippen LogP contribution in [0.15, 0.2) is 90.9 Å². The Labute approximate surface area is 304 Å². The van der Waals surface area contributed by atoms with Gasteiger partial charge in [-0.1, -0.05) is 34.3 Å². The van der Waals surface area contributed by atoms with E-state index in [-0.39, 0.29) is 35.4 Å². The highest BCUT2D eigenvalue weighted by Crippen LogP contribution is 2.48. The molecule has 4 aromatic carbocycles. The predicted molar refractivity (Wildman–Crippen MR) is 184 cm³/mol. The molecule has 0 spiro atoms. The summed E-state index contributed by atoms with van der Waals surface area (Å²) in [6.45, 7) is 0.556. The van der Waals surface area contributed by atoms with Crippen LogP contribution in [0.1, 0.15) is 24.0 Å². The third kappa shape index (κ3) is 11.6. The van der Waals surface area contributed by atoms with Crippen LogP contribution in [0.5, 0.6) is 5.75 Å². The first-order valence-electron chi connectivity index (χ1n) is 14.4. The Morgan fingerprint density at radius 2 is 1.08 bits per heavy atom. The summed E-state index contributed by atoms with van der Waals surface area (Å²) in [4.78, 5) is -1.79. The number of phenolic OH excluding ortho intramolecular Hbond substituents is 1. The van der Waals surface area contributed by atoms with Crippen molar-refractivity contribution < 1.29 is 68.7 Å². The number of hydrogen-bond acceptors (Lipinski definition) is 20. The molecule has 0 atom stereocenters. The molecule has 0 unspecified atom stereocenters. The van der Waals surface area contributed by atoms with Crippen molar-refractivity contribution in [2.75, 3.05) is 18.9 Å². The van der Waals surface area contributed by atoms with Gasteiger partial charge in [-0.3, -0.25) is 17.5 Å². The molecule has 4 aromatic rings. The maximum atomic E-state index is 12.4. The van der Waals surface area contributed by atoms with Crippen molar-refractivity contribution in [1.29, 1.82) is 0 Å². The van der Waals surface area contributed by atoms with Crippen molar-refractivity contribution in [3.63, 3.8) is 0 Å². The summed E-state index contributed by atoms with van der Waals surface area (Å²) in [7, 11) is -10.1. The van der Waals surface area contributed by atoms with Crippen molar-refractivity contribution in [1.82, 2.24) is 0 Å². The van der Waals surface area contributed by atoms with Crippen LogP contribution in [0.25, 0.3) is 10.8 Å². The average Bonchev–Trinajstić information content (AvgIpc) is 3.10. The molecule has 0 aliphatic carbocycles. The third-order valence-corrected chi connectivity index (χ3v) is 9.37. The number of benzene rings is 4. The quantitative estimate of drug-likeness (QED) is 0.00969. The van der Waals surface area contributed by atoms with Crippen LogP contribution in [0, 0.1) is 0 Å².